The maximum absolute atomic E-state index is 12.1. The molecule has 1 fully saturated rings. The smallest absolute Gasteiger partial charge is 0.246 e. The van der Waals surface area contributed by atoms with E-state index in [1.165, 1.54) is 6.08 Å². The molecule has 1 radical (unpaired) electrons. The van der Waals surface area contributed by atoms with Crippen molar-refractivity contribution in [1.82, 2.24) is 9.80 Å². The maximum atomic E-state index is 12.1. The van der Waals surface area contributed by atoms with Crippen molar-refractivity contribution in [2.45, 2.75) is 0 Å². The molecule has 0 saturated carbocycles. The SMILES string of the molecule is O=C(/C=C/c1cc[c]c(Cl)c1Cl)N1CCN(CCO)CC1. The number of aliphatic hydroxyl groups excluding tert-OH is 1. The number of β-amino-alcohol motifs (C(OH)–C–C–N with tert-alkyl or cyclic N) is 1. The molecule has 0 spiro atoms. The van der Waals surface area contributed by atoms with Crippen LogP contribution in [-0.4, -0.2) is 60.1 Å². The minimum Gasteiger partial charge on any atom is -0.395 e. The van der Waals surface area contributed by atoms with Crippen LogP contribution in [-0.2, 0) is 4.79 Å². The number of nitrogens with zero attached hydrogens (tertiary/aromatic N) is 2. The minimum atomic E-state index is -0.0429. The van der Waals surface area contributed by atoms with E-state index in [1.807, 2.05) is 0 Å². The second-order valence-corrected chi connectivity index (χ2v) is 5.54. The van der Waals surface area contributed by atoms with Crippen molar-refractivity contribution < 1.29 is 9.90 Å². The predicted octanol–water partition coefficient (Wildman–Crippen LogP) is 1.94. The van der Waals surface area contributed by atoms with Crippen molar-refractivity contribution in [3.63, 3.8) is 0 Å². The van der Waals surface area contributed by atoms with Crippen LogP contribution in [0, 0.1) is 6.07 Å². The van der Waals surface area contributed by atoms with Crippen LogP contribution in [0.5, 0.6) is 0 Å². The lowest BCUT2D eigenvalue weighted by molar-refractivity contribution is -0.127. The normalized spacial score (nSPS) is 16.6. The van der Waals surface area contributed by atoms with Gasteiger partial charge in [-0.05, 0) is 11.6 Å². The second kappa shape index (κ2) is 7.80. The summed E-state index contributed by atoms with van der Waals surface area (Å²) in [6, 6.07) is 6.22. The lowest BCUT2D eigenvalue weighted by Crippen LogP contribution is -2.48. The van der Waals surface area contributed by atoms with Gasteiger partial charge < -0.3 is 10.0 Å². The molecule has 1 amide bonds. The Morgan fingerprint density at radius 1 is 1.33 bits per heavy atom. The zero-order valence-electron chi connectivity index (χ0n) is 11.6. The summed E-state index contributed by atoms with van der Waals surface area (Å²) in [5.41, 5.74) is 0.702. The summed E-state index contributed by atoms with van der Waals surface area (Å²) >= 11 is 11.9. The monoisotopic (exact) mass is 327 g/mol. The van der Waals surface area contributed by atoms with Gasteiger partial charge in [0.1, 0.15) is 0 Å². The molecular formula is C15H17Cl2N2O2. The fraction of sp³-hybridized carbons (Fsp3) is 0.400. The van der Waals surface area contributed by atoms with E-state index in [9.17, 15) is 4.79 Å². The van der Waals surface area contributed by atoms with Crippen LogP contribution in [0.4, 0.5) is 0 Å². The van der Waals surface area contributed by atoms with Gasteiger partial charge in [-0.2, -0.15) is 0 Å². The zero-order chi connectivity index (χ0) is 15.2. The number of hydrogen-bond donors (Lipinski definition) is 1. The molecule has 1 N–H and O–H groups in total. The highest BCUT2D eigenvalue weighted by molar-refractivity contribution is 6.42. The lowest BCUT2D eigenvalue weighted by Gasteiger charge is -2.33. The van der Waals surface area contributed by atoms with Gasteiger partial charge in [-0.15, -0.1) is 0 Å². The Morgan fingerprint density at radius 3 is 2.71 bits per heavy atom. The quantitative estimate of drug-likeness (QED) is 0.859. The molecule has 113 valence electrons. The van der Waals surface area contributed by atoms with Gasteiger partial charge >= 0.3 is 0 Å². The van der Waals surface area contributed by atoms with E-state index in [-0.39, 0.29) is 12.5 Å². The largest absolute Gasteiger partial charge is 0.395 e. The highest BCUT2D eigenvalue weighted by atomic mass is 35.5. The van der Waals surface area contributed by atoms with Gasteiger partial charge in [-0.1, -0.05) is 35.3 Å². The lowest BCUT2D eigenvalue weighted by atomic mass is 10.2. The number of aliphatic hydroxyl groups is 1. The Labute approximate surface area is 134 Å². The number of carbonyl (C=O) groups is 1. The van der Waals surface area contributed by atoms with Gasteiger partial charge in [0.05, 0.1) is 16.7 Å². The molecule has 2 rings (SSSR count). The molecule has 21 heavy (non-hydrogen) atoms. The summed E-state index contributed by atoms with van der Waals surface area (Å²) in [4.78, 5) is 16.0. The van der Waals surface area contributed by atoms with Crippen LogP contribution in [0.15, 0.2) is 18.2 Å². The van der Waals surface area contributed by atoms with E-state index in [0.29, 0.717) is 35.2 Å². The molecule has 0 bridgehead atoms. The number of rotatable bonds is 4. The Morgan fingerprint density at radius 2 is 2.05 bits per heavy atom. The highest BCUT2D eigenvalue weighted by Gasteiger charge is 2.18. The Bertz CT molecular complexity index is 526. The summed E-state index contributed by atoms with van der Waals surface area (Å²) in [5, 5.41) is 9.64. The van der Waals surface area contributed by atoms with Crippen LogP contribution < -0.4 is 0 Å². The average molecular weight is 328 g/mol. The van der Waals surface area contributed by atoms with Gasteiger partial charge in [0.25, 0.3) is 0 Å². The summed E-state index contributed by atoms with van der Waals surface area (Å²) in [5.74, 6) is -0.0429. The van der Waals surface area contributed by atoms with Gasteiger partial charge in [-0.25, -0.2) is 0 Å². The van der Waals surface area contributed by atoms with Crippen molar-refractivity contribution in [2.24, 2.45) is 0 Å². The molecule has 0 aromatic heterocycles. The molecule has 1 saturated heterocycles. The first kappa shape index (κ1) is 16.3. The third-order valence-electron chi connectivity index (χ3n) is 3.42. The van der Waals surface area contributed by atoms with E-state index in [2.05, 4.69) is 11.0 Å². The number of benzene rings is 1. The van der Waals surface area contributed by atoms with Crippen LogP contribution in [0.25, 0.3) is 6.08 Å². The first-order chi connectivity index (χ1) is 10.1. The Balaban J connectivity index is 1.93. The second-order valence-electron chi connectivity index (χ2n) is 4.78. The van der Waals surface area contributed by atoms with Crippen molar-refractivity contribution in [3.8, 4) is 0 Å². The third kappa shape index (κ3) is 4.45. The highest BCUT2D eigenvalue weighted by Crippen LogP contribution is 2.25. The molecule has 0 atom stereocenters. The molecule has 6 heteroatoms. The van der Waals surface area contributed by atoms with E-state index in [4.69, 9.17) is 28.3 Å². The third-order valence-corrected chi connectivity index (χ3v) is 4.23. The van der Waals surface area contributed by atoms with Crippen LogP contribution in [0.2, 0.25) is 10.0 Å². The fourth-order valence-electron chi connectivity index (χ4n) is 2.20. The molecule has 1 aromatic carbocycles. The molecule has 4 nitrogen and oxygen atoms in total. The van der Waals surface area contributed by atoms with Crippen LogP contribution in [0.3, 0.4) is 0 Å². The van der Waals surface area contributed by atoms with E-state index >= 15 is 0 Å². The van der Waals surface area contributed by atoms with Crippen molar-refractivity contribution in [3.05, 3.63) is 39.9 Å². The predicted molar refractivity (Wildman–Crippen MR) is 84.4 cm³/mol. The summed E-state index contributed by atoms with van der Waals surface area (Å²) in [6.45, 7) is 3.71. The molecular weight excluding hydrogens is 311 g/mol. The maximum Gasteiger partial charge on any atom is 0.246 e. The number of carbonyl (C=O) groups excluding carboxylic acids is 1. The Hall–Kier alpha value is -1.07. The standard InChI is InChI=1S/C15H17Cl2N2O2/c16-13-3-1-2-12(15(13)17)4-5-14(21)19-8-6-18(7-9-19)10-11-20/h1-2,4-5,20H,6-11H2/b5-4+. The fourth-order valence-corrected chi connectivity index (χ4v) is 2.55. The minimum absolute atomic E-state index is 0.0429. The van der Waals surface area contributed by atoms with E-state index in [0.717, 1.165) is 13.1 Å². The number of halogens is 2. The average Bonchev–Trinajstić information content (AvgIpc) is 2.49. The number of piperazine rings is 1. The summed E-state index contributed by atoms with van der Waals surface area (Å²) in [6.07, 6.45) is 3.18. The summed E-state index contributed by atoms with van der Waals surface area (Å²) in [7, 11) is 0. The molecule has 1 aromatic rings. The molecule has 1 heterocycles. The molecule has 1 aliphatic heterocycles. The molecule has 1 aliphatic rings. The van der Waals surface area contributed by atoms with E-state index < -0.39 is 0 Å². The van der Waals surface area contributed by atoms with Gasteiger partial charge in [0.2, 0.25) is 5.91 Å². The zero-order valence-corrected chi connectivity index (χ0v) is 13.1. The van der Waals surface area contributed by atoms with Crippen molar-refractivity contribution in [1.29, 1.82) is 0 Å². The molecule has 0 aliphatic carbocycles. The van der Waals surface area contributed by atoms with Crippen LogP contribution in [0.1, 0.15) is 5.56 Å². The first-order valence-electron chi connectivity index (χ1n) is 6.77. The Kier molecular flexibility index (Phi) is 6.06. The summed E-state index contributed by atoms with van der Waals surface area (Å²) < 4.78 is 0. The number of hydrogen-bond acceptors (Lipinski definition) is 3. The van der Waals surface area contributed by atoms with Gasteiger partial charge in [0, 0.05) is 44.9 Å². The van der Waals surface area contributed by atoms with Crippen molar-refractivity contribution in [2.75, 3.05) is 39.3 Å². The first-order valence-corrected chi connectivity index (χ1v) is 7.53. The van der Waals surface area contributed by atoms with E-state index in [1.54, 1.807) is 23.1 Å². The van der Waals surface area contributed by atoms with Crippen molar-refractivity contribution >= 4 is 35.2 Å². The molecule has 0 unspecified atom stereocenters. The van der Waals surface area contributed by atoms with Crippen LogP contribution >= 0.6 is 23.2 Å². The number of amides is 1. The van der Waals surface area contributed by atoms with Gasteiger partial charge in [-0.3, -0.25) is 9.69 Å². The van der Waals surface area contributed by atoms with Gasteiger partial charge in [0.15, 0.2) is 0 Å². The topological polar surface area (TPSA) is 43.8 Å².